The number of nitrogens with one attached hydrogen (secondary N) is 2. The number of aromatic nitrogens is 1. The molecule has 5 rings (SSSR count). The summed E-state index contributed by atoms with van der Waals surface area (Å²) in [6.07, 6.45) is 0. The number of aryl methyl sites for hydroxylation is 2. The van der Waals surface area contributed by atoms with Crippen molar-refractivity contribution < 1.29 is 18.7 Å². The van der Waals surface area contributed by atoms with Gasteiger partial charge in [0.1, 0.15) is 17.0 Å². The van der Waals surface area contributed by atoms with Crippen molar-refractivity contribution >= 4 is 51.6 Å². The maximum atomic E-state index is 12.7. The number of phenols is 1. The number of oxazole rings is 1. The third-order valence-corrected chi connectivity index (χ3v) is 6.21. The molecule has 3 N–H and O–H groups in total. The summed E-state index contributed by atoms with van der Waals surface area (Å²) in [7, 11) is 0. The largest absolute Gasteiger partial charge is 0.507 e. The van der Waals surface area contributed by atoms with Crippen molar-refractivity contribution in [1.82, 2.24) is 10.3 Å². The van der Waals surface area contributed by atoms with Crippen LogP contribution in [0.25, 0.3) is 33.9 Å². The number of fused-ring (bicyclic) bond motifs is 1. The Balaban J connectivity index is 1.32. The van der Waals surface area contributed by atoms with E-state index in [1.165, 1.54) is 0 Å². The van der Waals surface area contributed by atoms with Crippen molar-refractivity contribution in [3.8, 4) is 28.5 Å². The van der Waals surface area contributed by atoms with Gasteiger partial charge in [0.2, 0.25) is 5.89 Å². The molecular weight excluding hydrogens is 498 g/mol. The lowest BCUT2D eigenvalue weighted by molar-refractivity contribution is 0.0951. The predicted molar refractivity (Wildman–Crippen MR) is 143 cm³/mol. The minimum absolute atomic E-state index is 0.0429. The van der Waals surface area contributed by atoms with Gasteiger partial charge in [-0.2, -0.15) is 0 Å². The minimum Gasteiger partial charge on any atom is -0.507 e. The average Bonchev–Trinajstić information content (AvgIpc) is 3.50. The molecule has 180 valence electrons. The molecule has 0 aliphatic carbocycles. The van der Waals surface area contributed by atoms with Gasteiger partial charge in [0.15, 0.2) is 16.5 Å². The molecule has 7 nitrogen and oxygen atoms in total. The van der Waals surface area contributed by atoms with Gasteiger partial charge in [-0.25, -0.2) is 4.98 Å². The number of anilines is 1. The van der Waals surface area contributed by atoms with Crippen molar-refractivity contribution in [2.24, 2.45) is 0 Å². The summed E-state index contributed by atoms with van der Waals surface area (Å²) in [5.41, 5.74) is 4.52. The molecule has 0 saturated heterocycles. The number of aromatic hydroxyl groups is 1. The van der Waals surface area contributed by atoms with Crippen LogP contribution in [0.5, 0.6) is 5.75 Å². The van der Waals surface area contributed by atoms with Gasteiger partial charge < -0.3 is 19.3 Å². The van der Waals surface area contributed by atoms with Gasteiger partial charge in [-0.05, 0) is 79.7 Å². The van der Waals surface area contributed by atoms with E-state index in [9.17, 15) is 9.90 Å². The summed E-state index contributed by atoms with van der Waals surface area (Å²) in [6, 6.07) is 19.5. The maximum Gasteiger partial charge on any atom is 0.293 e. The van der Waals surface area contributed by atoms with Crippen LogP contribution < -0.4 is 10.6 Å². The Hall–Kier alpha value is -4.14. The first-order chi connectivity index (χ1) is 17.3. The highest BCUT2D eigenvalue weighted by Gasteiger charge is 2.18. The fraction of sp³-hybridized carbons (Fsp3) is 0.0741. The number of hydrogen-bond acceptors (Lipinski definition) is 6. The Morgan fingerprint density at radius 1 is 1.00 bits per heavy atom. The Morgan fingerprint density at radius 2 is 1.81 bits per heavy atom. The van der Waals surface area contributed by atoms with Crippen LogP contribution in [-0.4, -0.2) is 21.1 Å². The predicted octanol–water partition coefficient (Wildman–Crippen LogP) is 6.86. The molecule has 2 aromatic heterocycles. The van der Waals surface area contributed by atoms with E-state index >= 15 is 0 Å². The first-order valence-corrected chi connectivity index (χ1v) is 11.8. The van der Waals surface area contributed by atoms with E-state index in [0.717, 1.165) is 11.1 Å². The van der Waals surface area contributed by atoms with Gasteiger partial charge >= 0.3 is 0 Å². The van der Waals surface area contributed by atoms with Gasteiger partial charge in [0.05, 0.1) is 5.56 Å². The second kappa shape index (κ2) is 9.49. The average molecular weight is 518 g/mol. The Morgan fingerprint density at radius 3 is 2.58 bits per heavy atom. The third kappa shape index (κ3) is 4.68. The molecule has 0 atom stereocenters. The molecule has 36 heavy (non-hydrogen) atoms. The number of benzene rings is 3. The molecule has 3 aromatic carbocycles. The molecule has 9 heteroatoms. The maximum absolute atomic E-state index is 12.7. The number of furan rings is 1. The zero-order valence-corrected chi connectivity index (χ0v) is 20.8. The van der Waals surface area contributed by atoms with E-state index in [1.54, 1.807) is 43.3 Å². The normalized spacial score (nSPS) is 11.0. The zero-order valence-electron chi connectivity index (χ0n) is 19.3. The Labute approximate surface area is 216 Å². The molecular formula is C27H20ClN3O4S. The fourth-order valence-electron chi connectivity index (χ4n) is 3.69. The quantitative estimate of drug-likeness (QED) is 0.177. The number of halogens is 1. The highest BCUT2D eigenvalue weighted by atomic mass is 35.5. The van der Waals surface area contributed by atoms with Crippen LogP contribution >= 0.6 is 23.8 Å². The summed E-state index contributed by atoms with van der Waals surface area (Å²) in [5.74, 6) is 0.417. The summed E-state index contributed by atoms with van der Waals surface area (Å²) in [5, 5.41) is 16.9. The van der Waals surface area contributed by atoms with E-state index in [0.29, 0.717) is 38.7 Å². The molecule has 0 saturated carbocycles. The number of thiocarbonyl (C=S) groups is 1. The molecule has 2 heterocycles. The van der Waals surface area contributed by atoms with Crippen LogP contribution in [0.2, 0.25) is 5.02 Å². The second-order valence-corrected chi connectivity index (χ2v) is 9.03. The lowest BCUT2D eigenvalue weighted by Gasteiger charge is -2.12. The molecule has 0 spiro atoms. The SMILES string of the molecule is Cc1ccc(-c2ccc(C(=O)NC(=S)Nc3cc(C)c(O)c(-c4nc5ccccc5o4)c3)o2)cc1Cl. The van der Waals surface area contributed by atoms with Crippen LogP contribution in [0.1, 0.15) is 21.7 Å². The number of phenolic OH excluding ortho intramolecular Hbond substituents is 1. The van der Waals surface area contributed by atoms with Crippen molar-refractivity contribution in [3.05, 3.63) is 88.6 Å². The third-order valence-electron chi connectivity index (χ3n) is 5.60. The number of hydrogen-bond donors (Lipinski definition) is 3. The van der Waals surface area contributed by atoms with Crippen molar-refractivity contribution in [3.63, 3.8) is 0 Å². The van der Waals surface area contributed by atoms with Crippen LogP contribution in [0.15, 0.2) is 75.6 Å². The number of para-hydroxylation sites is 2. The van der Waals surface area contributed by atoms with Gasteiger partial charge in [-0.3, -0.25) is 10.1 Å². The van der Waals surface area contributed by atoms with E-state index < -0.39 is 5.91 Å². The van der Waals surface area contributed by atoms with Crippen LogP contribution in [-0.2, 0) is 0 Å². The molecule has 0 unspecified atom stereocenters. The van der Waals surface area contributed by atoms with Crippen LogP contribution in [0, 0.1) is 13.8 Å². The summed E-state index contributed by atoms with van der Waals surface area (Å²) in [6.45, 7) is 3.66. The number of carbonyl (C=O) groups is 1. The van der Waals surface area contributed by atoms with Crippen molar-refractivity contribution in [1.29, 1.82) is 0 Å². The highest BCUT2D eigenvalue weighted by Crippen LogP contribution is 2.36. The van der Waals surface area contributed by atoms with Crippen molar-refractivity contribution in [2.75, 3.05) is 5.32 Å². The van der Waals surface area contributed by atoms with E-state index in [2.05, 4.69) is 15.6 Å². The summed E-state index contributed by atoms with van der Waals surface area (Å²) in [4.78, 5) is 17.1. The first kappa shape index (κ1) is 23.6. The number of rotatable bonds is 4. The van der Waals surface area contributed by atoms with Gasteiger partial charge in [-0.1, -0.05) is 35.9 Å². The summed E-state index contributed by atoms with van der Waals surface area (Å²) < 4.78 is 11.5. The number of amides is 1. The molecule has 5 aromatic rings. The standard InChI is InChI=1S/C27H20ClN3O4S/c1-14-7-8-16(12-19(14)28)21-9-10-23(34-21)25(33)31-27(36)29-17-11-15(2)24(32)18(13-17)26-30-20-5-3-4-6-22(20)35-26/h3-13,32H,1-2H3,(H2,29,31,33,36). The molecule has 0 radical (unpaired) electrons. The molecule has 0 fully saturated rings. The van der Waals surface area contributed by atoms with Gasteiger partial charge in [-0.15, -0.1) is 0 Å². The second-order valence-electron chi connectivity index (χ2n) is 8.21. The zero-order chi connectivity index (χ0) is 25.4. The smallest absolute Gasteiger partial charge is 0.293 e. The summed E-state index contributed by atoms with van der Waals surface area (Å²) >= 11 is 11.5. The number of carbonyl (C=O) groups excluding carboxylic acids is 1. The number of nitrogens with zero attached hydrogens (tertiary/aromatic N) is 1. The van der Waals surface area contributed by atoms with Crippen molar-refractivity contribution in [2.45, 2.75) is 13.8 Å². The van der Waals surface area contributed by atoms with E-state index in [-0.39, 0.29) is 22.5 Å². The van der Waals surface area contributed by atoms with Crippen LogP contribution in [0.3, 0.4) is 0 Å². The Bertz CT molecular complexity index is 1610. The molecule has 0 bridgehead atoms. The Kier molecular flexibility index (Phi) is 6.22. The molecule has 1 amide bonds. The van der Waals surface area contributed by atoms with E-state index in [4.69, 9.17) is 32.7 Å². The minimum atomic E-state index is -0.508. The topological polar surface area (TPSA) is 101 Å². The molecule has 0 aliphatic rings. The molecule has 0 aliphatic heterocycles. The van der Waals surface area contributed by atoms with Gasteiger partial charge in [0.25, 0.3) is 5.91 Å². The van der Waals surface area contributed by atoms with Crippen LogP contribution in [0.4, 0.5) is 5.69 Å². The van der Waals surface area contributed by atoms with E-state index in [1.807, 2.05) is 37.3 Å². The lowest BCUT2D eigenvalue weighted by Crippen LogP contribution is -2.33. The lowest BCUT2D eigenvalue weighted by atomic mass is 10.1. The highest BCUT2D eigenvalue weighted by molar-refractivity contribution is 7.80. The first-order valence-electron chi connectivity index (χ1n) is 11.0. The van der Waals surface area contributed by atoms with Gasteiger partial charge in [0, 0.05) is 16.3 Å². The fourth-order valence-corrected chi connectivity index (χ4v) is 4.08. The monoisotopic (exact) mass is 517 g/mol.